The average Bonchev–Trinajstić information content (AvgIpc) is 2.13. The summed E-state index contributed by atoms with van der Waals surface area (Å²) in [6.45, 7) is 2.99. The van der Waals surface area contributed by atoms with Gasteiger partial charge in [0.2, 0.25) is 0 Å². The van der Waals surface area contributed by atoms with Gasteiger partial charge in [0, 0.05) is 26.7 Å². The summed E-state index contributed by atoms with van der Waals surface area (Å²) in [7, 11) is 3.94. The Bertz CT molecular complexity index is 144. The van der Waals surface area contributed by atoms with Crippen LogP contribution in [0.4, 0.5) is 0 Å². The molecule has 0 bridgehead atoms. The zero-order valence-corrected chi connectivity index (χ0v) is 9.54. The van der Waals surface area contributed by atoms with Gasteiger partial charge in [-0.05, 0) is 32.2 Å². The Kier molecular flexibility index (Phi) is 5.45. The summed E-state index contributed by atoms with van der Waals surface area (Å²) in [6.07, 6.45) is 5.57. The van der Waals surface area contributed by atoms with Gasteiger partial charge in [0.15, 0.2) is 0 Å². The number of hydrogen-bond donors (Lipinski definition) is 1. The van der Waals surface area contributed by atoms with Gasteiger partial charge in [0.25, 0.3) is 0 Å². The highest BCUT2D eigenvalue weighted by molar-refractivity contribution is 4.73. The minimum absolute atomic E-state index is 0.235. The van der Waals surface area contributed by atoms with Crippen LogP contribution in [0.1, 0.15) is 25.7 Å². The van der Waals surface area contributed by atoms with Crippen LogP contribution in [0.25, 0.3) is 0 Å². The Hall–Kier alpha value is -0.120. The van der Waals surface area contributed by atoms with Crippen LogP contribution in [0.3, 0.4) is 0 Å². The first-order chi connectivity index (χ1) is 6.76. The first-order valence-electron chi connectivity index (χ1n) is 5.67. The molecule has 14 heavy (non-hydrogen) atoms. The fourth-order valence-corrected chi connectivity index (χ4v) is 1.90. The van der Waals surface area contributed by atoms with Gasteiger partial charge < -0.3 is 15.4 Å². The first kappa shape index (κ1) is 12.0. The van der Waals surface area contributed by atoms with Gasteiger partial charge in [-0.25, -0.2) is 0 Å². The lowest BCUT2D eigenvalue weighted by Crippen LogP contribution is -2.33. The van der Waals surface area contributed by atoms with E-state index >= 15 is 0 Å². The van der Waals surface area contributed by atoms with Crippen LogP contribution < -0.4 is 5.73 Å². The average molecular weight is 200 g/mol. The van der Waals surface area contributed by atoms with E-state index in [4.69, 9.17) is 10.5 Å². The van der Waals surface area contributed by atoms with Crippen LogP contribution in [0.2, 0.25) is 0 Å². The third-order valence-electron chi connectivity index (χ3n) is 3.22. The van der Waals surface area contributed by atoms with Gasteiger partial charge >= 0.3 is 0 Å². The van der Waals surface area contributed by atoms with Gasteiger partial charge in [0.1, 0.15) is 0 Å². The molecular formula is C11H24N2O. The molecule has 0 aromatic carbocycles. The lowest BCUT2D eigenvalue weighted by Gasteiger charge is -2.30. The molecule has 0 saturated heterocycles. The summed E-state index contributed by atoms with van der Waals surface area (Å²) < 4.78 is 5.24. The van der Waals surface area contributed by atoms with Crippen molar-refractivity contribution in [2.75, 3.05) is 33.8 Å². The molecule has 1 fully saturated rings. The number of rotatable bonds is 7. The van der Waals surface area contributed by atoms with Gasteiger partial charge in [-0.3, -0.25) is 0 Å². The van der Waals surface area contributed by atoms with Gasteiger partial charge in [-0.2, -0.15) is 0 Å². The molecule has 0 aromatic heterocycles. The molecule has 0 amide bonds. The lowest BCUT2D eigenvalue weighted by atomic mass is 9.85. The predicted octanol–water partition coefficient (Wildman–Crippen LogP) is 1.08. The first-order valence-corrected chi connectivity index (χ1v) is 5.67. The van der Waals surface area contributed by atoms with E-state index in [1.165, 1.54) is 25.8 Å². The number of hydrogen-bond acceptors (Lipinski definition) is 3. The molecule has 0 aliphatic heterocycles. The molecule has 0 spiro atoms. The van der Waals surface area contributed by atoms with Gasteiger partial charge in [0.05, 0.1) is 6.10 Å². The van der Waals surface area contributed by atoms with Crippen LogP contribution in [-0.4, -0.2) is 44.8 Å². The minimum Gasteiger partial charge on any atom is -0.380 e. The topological polar surface area (TPSA) is 38.5 Å². The Labute approximate surface area is 87.6 Å². The van der Waals surface area contributed by atoms with E-state index in [2.05, 4.69) is 11.9 Å². The molecule has 0 heterocycles. The van der Waals surface area contributed by atoms with Crippen LogP contribution in [0, 0.1) is 5.92 Å². The van der Waals surface area contributed by atoms with E-state index in [-0.39, 0.29) is 6.10 Å². The van der Waals surface area contributed by atoms with Crippen molar-refractivity contribution >= 4 is 0 Å². The molecule has 1 rings (SSSR count). The smallest absolute Gasteiger partial charge is 0.0705 e. The third kappa shape index (κ3) is 3.95. The molecule has 1 aliphatic rings. The van der Waals surface area contributed by atoms with E-state index in [0.717, 1.165) is 18.9 Å². The van der Waals surface area contributed by atoms with Crippen LogP contribution in [0.5, 0.6) is 0 Å². The zero-order chi connectivity index (χ0) is 10.4. The van der Waals surface area contributed by atoms with E-state index < -0.39 is 0 Å². The van der Waals surface area contributed by atoms with Crippen molar-refractivity contribution in [2.45, 2.75) is 31.8 Å². The summed E-state index contributed by atoms with van der Waals surface area (Å²) >= 11 is 0. The van der Waals surface area contributed by atoms with Crippen molar-refractivity contribution in [3.8, 4) is 0 Å². The van der Waals surface area contributed by atoms with Crippen molar-refractivity contribution in [3.05, 3.63) is 0 Å². The summed E-state index contributed by atoms with van der Waals surface area (Å²) in [5.74, 6) is 0.957. The zero-order valence-electron chi connectivity index (χ0n) is 9.54. The molecule has 1 saturated carbocycles. The van der Waals surface area contributed by atoms with Gasteiger partial charge in [-0.1, -0.05) is 6.42 Å². The minimum atomic E-state index is 0.235. The van der Waals surface area contributed by atoms with Crippen molar-refractivity contribution in [2.24, 2.45) is 11.7 Å². The Morgan fingerprint density at radius 3 is 2.64 bits per heavy atom. The van der Waals surface area contributed by atoms with Crippen LogP contribution in [0.15, 0.2) is 0 Å². The van der Waals surface area contributed by atoms with Crippen LogP contribution >= 0.6 is 0 Å². The van der Waals surface area contributed by atoms with Crippen molar-refractivity contribution < 1.29 is 4.74 Å². The molecule has 2 N–H and O–H groups in total. The third-order valence-corrected chi connectivity index (χ3v) is 3.22. The SMILES string of the molecule is COC(CN)CCN(C)CC1CCC1. The van der Waals surface area contributed by atoms with Gasteiger partial charge in [-0.15, -0.1) is 0 Å². The predicted molar refractivity (Wildman–Crippen MR) is 59.3 cm³/mol. The largest absolute Gasteiger partial charge is 0.380 e. The van der Waals surface area contributed by atoms with E-state index in [1.807, 2.05) is 0 Å². The number of nitrogens with zero attached hydrogens (tertiary/aromatic N) is 1. The molecule has 3 heteroatoms. The number of ether oxygens (including phenoxy) is 1. The molecule has 0 radical (unpaired) electrons. The highest BCUT2D eigenvalue weighted by atomic mass is 16.5. The fraction of sp³-hybridized carbons (Fsp3) is 1.00. The van der Waals surface area contributed by atoms with Crippen LogP contribution in [-0.2, 0) is 4.74 Å². The van der Waals surface area contributed by atoms with E-state index in [1.54, 1.807) is 7.11 Å². The molecule has 1 aliphatic carbocycles. The second-order valence-corrected chi connectivity index (χ2v) is 4.44. The number of methoxy groups -OCH3 is 1. The van der Waals surface area contributed by atoms with Crippen molar-refractivity contribution in [1.29, 1.82) is 0 Å². The molecular weight excluding hydrogens is 176 g/mol. The summed E-state index contributed by atoms with van der Waals surface area (Å²) in [5, 5.41) is 0. The second kappa shape index (κ2) is 6.38. The van der Waals surface area contributed by atoms with E-state index in [9.17, 15) is 0 Å². The number of nitrogens with two attached hydrogens (primary N) is 1. The monoisotopic (exact) mass is 200 g/mol. The van der Waals surface area contributed by atoms with Crippen molar-refractivity contribution in [3.63, 3.8) is 0 Å². The quantitative estimate of drug-likeness (QED) is 0.668. The standard InChI is InChI=1S/C11H24N2O/c1-13(9-10-4-3-5-10)7-6-11(8-12)14-2/h10-11H,3-9,12H2,1-2H3. The second-order valence-electron chi connectivity index (χ2n) is 4.44. The Morgan fingerprint density at radius 2 is 2.21 bits per heavy atom. The molecule has 1 atom stereocenters. The summed E-state index contributed by atoms with van der Waals surface area (Å²) in [6, 6.07) is 0. The lowest BCUT2D eigenvalue weighted by molar-refractivity contribution is 0.0881. The summed E-state index contributed by atoms with van der Waals surface area (Å²) in [4.78, 5) is 2.41. The van der Waals surface area contributed by atoms with E-state index in [0.29, 0.717) is 6.54 Å². The molecule has 84 valence electrons. The maximum atomic E-state index is 5.56. The molecule has 1 unspecified atom stereocenters. The Balaban J connectivity index is 2.03. The Morgan fingerprint density at radius 1 is 1.50 bits per heavy atom. The normalized spacial score (nSPS) is 19.7. The molecule has 0 aromatic rings. The highest BCUT2D eigenvalue weighted by Crippen LogP contribution is 2.26. The molecule has 3 nitrogen and oxygen atoms in total. The van der Waals surface area contributed by atoms with Crippen molar-refractivity contribution in [1.82, 2.24) is 4.90 Å². The maximum absolute atomic E-state index is 5.56. The maximum Gasteiger partial charge on any atom is 0.0705 e. The summed E-state index contributed by atoms with van der Waals surface area (Å²) in [5.41, 5.74) is 5.56. The fourth-order valence-electron chi connectivity index (χ4n) is 1.90. The highest BCUT2D eigenvalue weighted by Gasteiger charge is 2.19.